The molecule has 2 aromatic rings. The highest BCUT2D eigenvalue weighted by molar-refractivity contribution is 7.48. The number of nitrogens with zero attached hydrogens (tertiary/aromatic N) is 1. The fourth-order valence-corrected chi connectivity index (χ4v) is 5.89. The molecule has 0 aliphatic heterocycles. The Labute approximate surface area is 190 Å². The summed E-state index contributed by atoms with van der Waals surface area (Å²) in [6, 6.07) is 9.34. The quantitative estimate of drug-likeness (QED) is 0.245. The first kappa shape index (κ1) is 25.5. The number of phenolic OH excluding ortho intramolecular Hbond substituents is 1. The van der Waals surface area contributed by atoms with Crippen LogP contribution in [0.15, 0.2) is 35.3 Å². The summed E-state index contributed by atoms with van der Waals surface area (Å²) in [6.45, 7) is 13.1. The molecule has 2 nitrogen and oxygen atoms in total. The van der Waals surface area contributed by atoms with Crippen molar-refractivity contribution in [3.8, 4) is 5.75 Å². The second-order valence-corrected chi connectivity index (χ2v) is 11.3. The lowest BCUT2D eigenvalue weighted by atomic mass is 9.80. The molecule has 2 aromatic carbocycles. The van der Waals surface area contributed by atoms with Crippen molar-refractivity contribution in [2.24, 2.45) is 4.99 Å². The van der Waals surface area contributed by atoms with E-state index in [9.17, 15) is 9.50 Å². The molecule has 0 fully saturated rings. The predicted molar refractivity (Wildman–Crippen MR) is 136 cm³/mol. The molecule has 0 bridgehead atoms. The lowest BCUT2D eigenvalue weighted by Crippen LogP contribution is -2.25. The molecule has 0 heterocycles. The van der Waals surface area contributed by atoms with E-state index < -0.39 is 0 Å². The van der Waals surface area contributed by atoms with Crippen molar-refractivity contribution in [3.05, 3.63) is 58.4 Å². The van der Waals surface area contributed by atoms with Crippen LogP contribution < -0.4 is 5.30 Å². The molecule has 0 saturated heterocycles. The molecule has 0 aliphatic carbocycles. The summed E-state index contributed by atoms with van der Waals surface area (Å²) in [5.74, 6) is 0.164. The summed E-state index contributed by atoms with van der Waals surface area (Å²) < 4.78 is 14.0. The van der Waals surface area contributed by atoms with Crippen LogP contribution in [0.2, 0.25) is 0 Å². The van der Waals surface area contributed by atoms with Gasteiger partial charge in [-0.1, -0.05) is 80.7 Å². The first-order valence-corrected chi connectivity index (χ1v) is 12.4. The second kappa shape index (κ2) is 10.7. The Morgan fingerprint density at radius 1 is 1.10 bits per heavy atom. The molecule has 0 saturated carbocycles. The number of aliphatic imine (C=N–C) groups is 1. The number of aromatic hydroxyl groups is 1. The van der Waals surface area contributed by atoms with E-state index in [2.05, 4.69) is 51.7 Å². The predicted octanol–water partition coefficient (Wildman–Crippen LogP) is 7.38. The third kappa shape index (κ3) is 6.16. The van der Waals surface area contributed by atoms with Crippen molar-refractivity contribution < 1.29 is 9.50 Å². The monoisotopic (exact) mass is 443 g/mol. The van der Waals surface area contributed by atoms with Crippen LogP contribution in [-0.2, 0) is 10.6 Å². The van der Waals surface area contributed by atoms with E-state index >= 15 is 0 Å². The van der Waals surface area contributed by atoms with Crippen molar-refractivity contribution in [3.63, 3.8) is 0 Å². The Kier molecular flexibility index (Phi) is 8.83. The number of hydrogen-bond donors (Lipinski definition) is 1. The Balaban J connectivity index is 2.70. The SMILES string of the molecule is CCCCCC(CC)(Pc1ccc(F)cc1/C=N/C)c1cc(C(C)(C)C)cc(C)c1O. The van der Waals surface area contributed by atoms with Gasteiger partial charge in [-0.2, -0.15) is 0 Å². The van der Waals surface area contributed by atoms with Crippen LogP contribution in [0.3, 0.4) is 0 Å². The van der Waals surface area contributed by atoms with E-state index in [1.807, 2.05) is 13.0 Å². The molecule has 0 amide bonds. The van der Waals surface area contributed by atoms with Crippen LogP contribution in [0.4, 0.5) is 4.39 Å². The van der Waals surface area contributed by atoms with Crippen LogP contribution in [0.1, 0.15) is 89.0 Å². The van der Waals surface area contributed by atoms with Crippen molar-refractivity contribution in [2.75, 3.05) is 7.05 Å². The minimum Gasteiger partial charge on any atom is -0.507 e. The third-order valence-electron chi connectivity index (χ3n) is 6.15. The van der Waals surface area contributed by atoms with Gasteiger partial charge < -0.3 is 5.11 Å². The summed E-state index contributed by atoms with van der Waals surface area (Å²) in [5, 5.41) is 12.1. The fraction of sp³-hybridized carbons (Fsp3) is 0.519. The molecule has 0 spiro atoms. The largest absolute Gasteiger partial charge is 0.507 e. The maximum Gasteiger partial charge on any atom is 0.123 e. The lowest BCUT2D eigenvalue weighted by molar-refractivity contribution is 0.431. The van der Waals surface area contributed by atoms with Crippen molar-refractivity contribution in [1.29, 1.82) is 0 Å². The molecule has 0 aromatic heterocycles. The minimum atomic E-state index is -0.245. The van der Waals surface area contributed by atoms with E-state index in [4.69, 9.17) is 0 Å². The number of unbranched alkanes of at least 4 members (excludes halogenated alkanes) is 2. The smallest absolute Gasteiger partial charge is 0.123 e. The molecular weight excluding hydrogens is 404 g/mol. The van der Waals surface area contributed by atoms with E-state index in [1.165, 1.54) is 5.56 Å². The third-order valence-corrected chi connectivity index (χ3v) is 8.22. The molecule has 2 unspecified atom stereocenters. The van der Waals surface area contributed by atoms with Crippen LogP contribution in [0, 0.1) is 12.7 Å². The Bertz CT molecular complexity index is 916. The molecular formula is C27H39FNOP. The molecule has 170 valence electrons. The number of rotatable bonds is 9. The van der Waals surface area contributed by atoms with Gasteiger partial charge in [0, 0.05) is 29.5 Å². The van der Waals surface area contributed by atoms with Crippen LogP contribution in [-0.4, -0.2) is 18.4 Å². The van der Waals surface area contributed by atoms with Gasteiger partial charge >= 0.3 is 0 Å². The number of phenols is 1. The first-order valence-electron chi connectivity index (χ1n) is 11.4. The number of hydrogen-bond acceptors (Lipinski definition) is 2. The van der Waals surface area contributed by atoms with Crippen molar-refractivity contribution in [1.82, 2.24) is 0 Å². The van der Waals surface area contributed by atoms with Crippen molar-refractivity contribution >= 4 is 20.1 Å². The van der Waals surface area contributed by atoms with Gasteiger partial charge in [-0.25, -0.2) is 4.39 Å². The van der Waals surface area contributed by atoms with Gasteiger partial charge in [-0.15, -0.1) is 0 Å². The molecule has 2 atom stereocenters. The Hall–Kier alpha value is -1.73. The molecule has 1 N–H and O–H groups in total. The zero-order chi connectivity index (χ0) is 23.2. The molecule has 31 heavy (non-hydrogen) atoms. The van der Waals surface area contributed by atoms with Gasteiger partial charge in [0.25, 0.3) is 0 Å². The van der Waals surface area contributed by atoms with Crippen molar-refractivity contribution in [2.45, 2.75) is 84.2 Å². The average molecular weight is 444 g/mol. The lowest BCUT2D eigenvalue weighted by Gasteiger charge is -2.36. The second-order valence-electron chi connectivity index (χ2n) is 9.58. The summed E-state index contributed by atoms with van der Waals surface area (Å²) in [4.78, 5) is 4.15. The maximum absolute atomic E-state index is 14.0. The highest BCUT2D eigenvalue weighted by Gasteiger charge is 2.35. The van der Waals surface area contributed by atoms with E-state index in [1.54, 1.807) is 25.4 Å². The van der Waals surface area contributed by atoms with Gasteiger partial charge in [0.2, 0.25) is 0 Å². The van der Waals surface area contributed by atoms with Crippen LogP contribution >= 0.6 is 8.58 Å². The van der Waals surface area contributed by atoms with Crippen LogP contribution in [0.25, 0.3) is 0 Å². The summed E-state index contributed by atoms with van der Waals surface area (Å²) in [6.07, 6.45) is 7.08. The fourth-order valence-electron chi connectivity index (χ4n) is 4.13. The van der Waals surface area contributed by atoms with Gasteiger partial charge in [-0.05, 0) is 53.7 Å². The normalized spacial score (nSPS) is 14.6. The zero-order valence-corrected chi connectivity index (χ0v) is 21.3. The van der Waals surface area contributed by atoms with E-state index in [0.717, 1.165) is 54.1 Å². The van der Waals surface area contributed by atoms with E-state index in [0.29, 0.717) is 14.3 Å². The average Bonchev–Trinajstić information content (AvgIpc) is 2.70. The number of aryl methyl sites for hydroxylation is 1. The van der Waals surface area contributed by atoms with Gasteiger partial charge in [0.1, 0.15) is 11.6 Å². The van der Waals surface area contributed by atoms with Gasteiger partial charge in [-0.3, -0.25) is 4.99 Å². The standard InChI is InChI=1S/C27H39FNOP/c1-8-10-11-14-27(9-2,31-24-13-12-22(28)16-20(24)18-29-7)23-17-21(26(4,5)6)15-19(3)25(23)30/h12-13,15-18,30-31H,8-11,14H2,1-7H3/b29-18+. The van der Waals surface area contributed by atoms with Gasteiger partial charge in [0.15, 0.2) is 0 Å². The highest BCUT2D eigenvalue weighted by atomic mass is 31.1. The topological polar surface area (TPSA) is 32.6 Å². The molecule has 0 aliphatic rings. The van der Waals surface area contributed by atoms with E-state index in [-0.39, 0.29) is 16.4 Å². The minimum absolute atomic E-state index is 0.00484. The van der Waals surface area contributed by atoms with Crippen LogP contribution in [0.5, 0.6) is 5.75 Å². The maximum atomic E-state index is 14.0. The molecule has 2 rings (SSSR count). The molecule has 0 radical (unpaired) electrons. The summed E-state index contributed by atoms with van der Waals surface area (Å²) in [5.41, 5.74) is 4.03. The summed E-state index contributed by atoms with van der Waals surface area (Å²) in [7, 11) is 2.13. The number of halogens is 1. The van der Waals surface area contributed by atoms with Gasteiger partial charge in [0.05, 0.1) is 0 Å². The summed E-state index contributed by atoms with van der Waals surface area (Å²) >= 11 is 0. The Morgan fingerprint density at radius 2 is 1.81 bits per heavy atom. The Morgan fingerprint density at radius 3 is 2.39 bits per heavy atom. The number of benzene rings is 2. The highest BCUT2D eigenvalue weighted by Crippen LogP contribution is 2.52. The molecule has 4 heteroatoms. The zero-order valence-electron chi connectivity index (χ0n) is 20.3. The first-order chi connectivity index (χ1) is 14.6.